The molecule has 4 N–H and O–H groups in total. The molecule has 0 unspecified atom stereocenters. The average molecular weight is 339 g/mol. The molecular formula is C10H12N5O3Y-. The van der Waals surface area contributed by atoms with Crippen molar-refractivity contribution in [2.24, 2.45) is 0 Å². The van der Waals surface area contributed by atoms with Gasteiger partial charge in [-0.15, -0.1) is 0 Å². The number of aliphatic hydroxyl groups is 2. The largest absolute Gasteiger partial charge is 0.433 e. The summed E-state index contributed by atoms with van der Waals surface area (Å²) in [6.45, 7) is -0.135. The predicted molar refractivity (Wildman–Crippen MR) is 60.2 cm³/mol. The number of rotatable bonds is 2. The van der Waals surface area contributed by atoms with Crippen LogP contribution in [-0.2, 0) is 37.4 Å². The molecule has 99 valence electrons. The van der Waals surface area contributed by atoms with E-state index in [1.54, 1.807) is 4.57 Å². The normalized spacial score (nSPS) is 26.5. The minimum Gasteiger partial charge on any atom is -0.433 e. The Kier molecular flexibility index (Phi) is 4.47. The van der Waals surface area contributed by atoms with Gasteiger partial charge in [-0.3, -0.25) is 4.98 Å². The summed E-state index contributed by atoms with van der Waals surface area (Å²) in [6, 6.07) is 0. The van der Waals surface area contributed by atoms with Crippen molar-refractivity contribution in [1.82, 2.24) is 19.5 Å². The minimum atomic E-state index is -0.726. The maximum Gasteiger partial charge on any atom is 0.152 e. The summed E-state index contributed by atoms with van der Waals surface area (Å²) in [5, 5.41) is 19.0. The monoisotopic (exact) mass is 339 g/mol. The first-order valence-electron chi connectivity index (χ1n) is 5.51. The van der Waals surface area contributed by atoms with Gasteiger partial charge in [0.05, 0.1) is 24.7 Å². The zero-order valence-electron chi connectivity index (χ0n) is 9.97. The van der Waals surface area contributed by atoms with E-state index in [2.05, 4.69) is 21.3 Å². The van der Waals surface area contributed by atoms with E-state index in [0.29, 0.717) is 17.6 Å². The Balaban J connectivity index is 0.00000133. The second-order valence-corrected chi connectivity index (χ2v) is 4.17. The van der Waals surface area contributed by atoms with Crippen LogP contribution in [-0.4, -0.2) is 48.5 Å². The second kappa shape index (κ2) is 5.76. The molecule has 1 fully saturated rings. The van der Waals surface area contributed by atoms with Crippen LogP contribution in [0.15, 0.2) is 6.33 Å². The van der Waals surface area contributed by atoms with Crippen molar-refractivity contribution in [2.45, 2.75) is 24.9 Å². The van der Waals surface area contributed by atoms with Gasteiger partial charge in [0, 0.05) is 56.8 Å². The molecule has 2 aromatic rings. The number of aliphatic hydroxyl groups excluding tert-OH is 2. The number of hydrogen-bond acceptors (Lipinski definition) is 7. The van der Waals surface area contributed by atoms with E-state index in [4.69, 9.17) is 15.6 Å². The first kappa shape index (κ1) is 14.7. The van der Waals surface area contributed by atoms with Gasteiger partial charge in [-0.2, -0.15) is 0 Å². The molecule has 0 saturated carbocycles. The van der Waals surface area contributed by atoms with Crippen molar-refractivity contribution in [1.29, 1.82) is 0 Å². The van der Waals surface area contributed by atoms with E-state index in [-0.39, 0.29) is 51.2 Å². The van der Waals surface area contributed by atoms with Crippen LogP contribution < -0.4 is 5.73 Å². The summed E-state index contributed by atoms with van der Waals surface area (Å²) in [7, 11) is 0. The Labute approximate surface area is 133 Å². The zero-order valence-corrected chi connectivity index (χ0v) is 12.8. The minimum absolute atomic E-state index is 0. The summed E-state index contributed by atoms with van der Waals surface area (Å²) in [4.78, 5) is 11.8. The Bertz CT molecular complexity index is 577. The molecule has 0 aromatic carbocycles. The Morgan fingerprint density at radius 2 is 2.32 bits per heavy atom. The van der Waals surface area contributed by atoms with Crippen LogP contribution in [0.4, 0.5) is 5.82 Å². The Morgan fingerprint density at radius 1 is 1.53 bits per heavy atom. The SMILES string of the molecule is Nc1n[c-]nc2c1ncn2[C@@H]1O[C@H](CO)C[C@@H]1O.[Y]. The summed E-state index contributed by atoms with van der Waals surface area (Å²) in [6.07, 6.45) is 2.53. The molecule has 3 rings (SSSR count). The molecule has 1 saturated heterocycles. The van der Waals surface area contributed by atoms with Crippen molar-refractivity contribution in [3.63, 3.8) is 0 Å². The number of anilines is 1. The molecule has 2 aromatic heterocycles. The number of hydrogen-bond donors (Lipinski definition) is 3. The fourth-order valence-electron chi connectivity index (χ4n) is 2.11. The van der Waals surface area contributed by atoms with Crippen LogP contribution in [0.25, 0.3) is 11.2 Å². The molecule has 19 heavy (non-hydrogen) atoms. The number of aromatic nitrogens is 4. The van der Waals surface area contributed by atoms with E-state index < -0.39 is 12.3 Å². The van der Waals surface area contributed by atoms with Crippen LogP contribution in [0.3, 0.4) is 0 Å². The van der Waals surface area contributed by atoms with Gasteiger partial charge in [0.15, 0.2) is 6.23 Å². The molecule has 8 nitrogen and oxygen atoms in total. The van der Waals surface area contributed by atoms with Crippen LogP contribution in [0.1, 0.15) is 12.6 Å². The molecule has 9 heteroatoms. The topological polar surface area (TPSA) is 119 Å². The third-order valence-electron chi connectivity index (χ3n) is 2.98. The molecule has 3 heterocycles. The van der Waals surface area contributed by atoms with Crippen LogP contribution in [0, 0.1) is 6.33 Å². The molecule has 0 spiro atoms. The van der Waals surface area contributed by atoms with Gasteiger partial charge >= 0.3 is 0 Å². The van der Waals surface area contributed by atoms with E-state index in [1.165, 1.54) is 6.33 Å². The molecular weight excluding hydrogens is 327 g/mol. The molecule has 1 aliphatic rings. The number of nitrogens with zero attached hydrogens (tertiary/aromatic N) is 4. The molecule has 0 aliphatic carbocycles. The quantitative estimate of drug-likeness (QED) is 0.591. The van der Waals surface area contributed by atoms with Gasteiger partial charge in [-0.1, -0.05) is 0 Å². The summed E-state index contributed by atoms with van der Waals surface area (Å²) in [5.41, 5.74) is 6.55. The first-order chi connectivity index (χ1) is 8.70. The summed E-state index contributed by atoms with van der Waals surface area (Å²) < 4.78 is 7.10. The van der Waals surface area contributed by atoms with Gasteiger partial charge in [0.25, 0.3) is 0 Å². The van der Waals surface area contributed by atoms with Crippen LogP contribution >= 0.6 is 0 Å². The van der Waals surface area contributed by atoms with E-state index in [0.717, 1.165) is 0 Å². The van der Waals surface area contributed by atoms with Crippen molar-refractivity contribution in [3.05, 3.63) is 12.7 Å². The number of imidazole rings is 1. The van der Waals surface area contributed by atoms with Crippen molar-refractivity contribution < 1.29 is 47.7 Å². The molecule has 1 aliphatic heterocycles. The molecule has 1 radical (unpaired) electrons. The van der Waals surface area contributed by atoms with Gasteiger partial charge in [0.1, 0.15) is 6.10 Å². The smallest absolute Gasteiger partial charge is 0.152 e. The van der Waals surface area contributed by atoms with Crippen molar-refractivity contribution in [3.8, 4) is 0 Å². The third kappa shape index (κ3) is 2.51. The van der Waals surface area contributed by atoms with E-state index >= 15 is 0 Å². The predicted octanol–water partition coefficient (Wildman–Crippen LogP) is -1.15. The fraction of sp³-hybridized carbons (Fsp3) is 0.500. The maximum atomic E-state index is 9.92. The fourth-order valence-corrected chi connectivity index (χ4v) is 2.11. The number of nitrogen functional groups attached to an aromatic ring is 1. The van der Waals surface area contributed by atoms with Gasteiger partial charge in [-0.05, 0) is 0 Å². The summed E-state index contributed by atoms with van der Waals surface area (Å²) in [5.74, 6) is 0.227. The summed E-state index contributed by atoms with van der Waals surface area (Å²) >= 11 is 0. The average Bonchev–Trinajstić information content (AvgIpc) is 2.93. The second-order valence-electron chi connectivity index (χ2n) is 4.17. The van der Waals surface area contributed by atoms with Crippen LogP contribution in [0.2, 0.25) is 0 Å². The maximum absolute atomic E-state index is 9.92. The van der Waals surface area contributed by atoms with Crippen molar-refractivity contribution in [2.75, 3.05) is 12.3 Å². The Hall–Kier alpha value is -0.666. The number of fused-ring (bicyclic) bond motifs is 1. The first-order valence-corrected chi connectivity index (χ1v) is 5.51. The van der Waals surface area contributed by atoms with E-state index in [9.17, 15) is 5.11 Å². The zero-order chi connectivity index (χ0) is 12.7. The van der Waals surface area contributed by atoms with Gasteiger partial charge in [-0.25, -0.2) is 0 Å². The number of ether oxygens (including phenoxy) is 1. The molecule has 0 bridgehead atoms. The van der Waals surface area contributed by atoms with Crippen molar-refractivity contribution >= 4 is 17.0 Å². The molecule has 0 amide bonds. The van der Waals surface area contributed by atoms with Gasteiger partial charge < -0.3 is 35.2 Å². The Morgan fingerprint density at radius 3 is 3.00 bits per heavy atom. The standard InChI is InChI=1S/C10H12N5O3.Y/c11-8-7-9(13-3-12-8)15(4-14-7)10-6(17)1-5(2-16)18-10;/h4-6,10,16-17H,1-2H2,(H2,11,12,13);/q-1;/t5-,6-,10+;/m0./s1. The molecule has 3 atom stereocenters. The van der Waals surface area contributed by atoms with E-state index in [1.807, 2.05) is 0 Å². The third-order valence-corrected chi connectivity index (χ3v) is 2.98. The van der Waals surface area contributed by atoms with Gasteiger partial charge in [0.2, 0.25) is 0 Å². The van der Waals surface area contributed by atoms with Crippen LogP contribution in [0.5, 0.6) is 0 Å². The number of nitrogens with two attached hydrogens (primary N) is 1.